The van der Waals surface area contributed by atoms with E-state index >= 15 is 0 Å². The molecule has 1 aromatic carbocycles. The summed E-state index contributed by atoms with van der Waals surface area (Å²) in [6.07, 6.45) is -3.86. The van der Waals surface area contributed by atoms with E-state index in [0.29, 0.717) is 13.0 Å². The number of hydrogen-bond acceptors (Lipinski definition) is 5. The third kappa shape index (κ3) is 5.49. The first-order valence-electron chi connectivity index (χ1n) is 9.51. The first-order valence-corrected chi connectivity index (χ1v) is 11.0. The summed E-state index contributed by atoms with van der Waals surface area (Å²) >= 11 is 0. The fraction of sp³-hybridized carbons (Fsp3) is 0.556. The van der Waals surface area contributed by atoms with E-state index in [1.165, 1.54) is 34.1 Å². The molecule has 0 radical (unpaired) electrons. The van der Waals surface area contributed by atoms with E-state index in [4.69, 9.17) is 0 Å². The number of hydrogen-bond donors (Lipinski definition) is 1. The number of nitrogens with zero attached hydrogens (tertiary/aromatic N) is 3. The van der Waals surface area contributed by atoms with Crippen LogP contribution < -0.4 is 5.32 Å². The summed E-state index contributed by atoms with van der Waals surface area (Å²) in [7, 11) is -3.86. The van der Waals surface area contributed by atoms with E-state index in [9.17, 15) is 31.2 Å². The van der Waals surface area contributed by atoms with Gasteiger partial charge in [-0.05, 0) is 30.7 Å². The van der Waals surface area contributed by atoms with Gasteiger partial charge in [-0.2, -0.15) is 17.5 Å². The summed E-state index contributed by atoms with van der Waals surface area (Å²) in [6, 6.07) is 5.39. The maximum Gasteiger partial charge on any atom is 0.401 e. The van der Waals surface area contributed by atoms with E-state index in [0.717, 1.165) is 4.31 Å². The molecular formula is C18H23F3N4O4S. The van der Waals surface area contributed by atoms with E-state index in [-0.39, 0.29) is 61.5 Å². The van der Waals surface area contributed by atoms with Crippen molar-refractivity contribution in [2.24, 2.45) is 0 Å². The third-order valence-electron chi connectivity index (χ3n) is 5.02. The second kappa shape index (κ2) is 8.90. The highest BCUT2D eigenvalue weighted by Crippen LogP contribution is 2.20. The van der Waals surface area contributed by atoms with Crippen molar-refractivity contribution in [3.63, 3.8) is 0 Å². The molecule has 0 spiro atoms. The number of amides is 2. The molecule has 2 saturated heterocycles. The first kappa shape index (κ1) is 22.5. The highest BCUT2D eigenvalue weighted by atomic mass is 32.2. The number of piperazine rings is 1. The molecule has 1 N–H and O–H groups in total. The van der Waals surface area contributed by atoms with Gasteiger partial charge in [-0.1, -0.05) is 0 Å². The Labute approximate surface area is 172 Å². The number of carbonyl (C=O) groups is 2. The lowest BCUT2D eigenvalue weighted by molar-refractivity contribution is -0.145. The Morgan fingerprint density at radius 2 is 1.73 bits per heavy atom. The molecule has 1 aromatic rings. The quantitative estimate of drug-likeness (QED) is 0.726. The zero-order valence-electron chi connectivity index (χ0n) is 16.2. The van der Waals surface area contributed by atoms with Crippen molar-refractivity contribution in [3.05, 3.63) is 29.8 Å². The molecule has 2 aliphatic heterocycles. The Bertz CT molecular complexity index is 890. The Morgan fingerprint density at radius 3 is 2.37 bits per heavy atom. The number of carbonyl (C=O) groups excluding carboxylic acids is 2. The van der Waals surface area contributed by atoms with Crippen LogP contribution >= 0.6 is 0 Å². The molecule has 0 bridgehead atoms. The van der Waals surface area contributed by atoms with Gasteiger partial charge in [0.25, 0.3) is 5.91 Å². The summed E-state index contributed by atoms with van der Waals surface area (Å²) in [6.45, 7) is -0.000159. The molecule has 3 rings (SSSR count). The van der Waals surface area contributed by atoms with Crippen LogP contribution in [0.3, 0.4) is 0 Å². The molecule has 0 aromatic heterocycles. The number of sulfonamides is 1. The maximum atomic E-state index is 12.7. The van der Waals surface area contributed by atoms with Gasteiger partial charge in [-0.3, -0.25) is 14.5 Å². The fourth-order valence-electron chi connectivity index (χ4n) is 3.51. The lowest BCUT2D eigenvalue weighted by atomic mass is 10.2. The minimum atomic E-state index is -4.28. The molecule has 166 valence electrons. The zero-order chi connectivity index (χ0) is 21.9. The number of benzene rings is 1. The molecule has 8 nitrogen and oxygen atoms in total. The first-order chi connectivity index (χ1) is 14.1. The third-order valence-corrected chi connectivity index (χ3v) is 6.88. The normalized spacial score (nSPS) is 20.0. The van der Waals surface area contributed by atoms with Gasteiger partial charge in [-0.15, -0.1) is 0 Å². The van der Waals surface area contributed by atoms with Gasteiger partial charge in [0.1, 0.15) is 0 Å². The summed E-state index contributed by atoms with van der Waals surface area (Å²) in [4.78, 5) is 26.9. The molecule has 0 aliphatic carbocycles. The van der Waals surface area contributed by atoms with Crippen LogP contribution in [-0.4, -0.2) is 92.9 Å². The SMILES string of the molecule is O=C1CN(S(=O)(=O)c2ccc(C(=O)N3CCCN(CC(F)(F)F)CC3)cc2)CCN1. The monoisotopic (exact) mass is 448 g/mol. The van der Waals surface area contributed by atoms with Crippen LogP contribution in [0.15, 0.2) is 29.2 Å². The van der Waals surface area contributed by atoms with E-state index in [2.05, 4.69) is 5.32 Å². The van der Waals surface area contributed by atoms with E-state index in [1.807, 2.05) is 0 Å². The van der Waals surface area contributed by atoms with Crippen LogP contribution in [0.4, 0.5) is 13.2 Å². The molecule has 2 fully saturated rings. The lowest BCUT2D eigenvalue weighted by Gasteiger charge is -2.26. The second-order valence-electron chi connectivity index (χ2n) is 7.25. The smallest absolute Gasteiger partial charge is 0.354 e. The van der Waals surface area contributed by atoms with Gasteiger partial charge in [0.15, 0.2) is 0 Å². The second-order valence-corrected chi connectivity index (χ2v) is 9.19. The fourth-order valence-corrected chi connectivity index (χ4v) is 4.90. The predicted octanol–water partition coefficient (Wildman–Crippen LogP) is 0.517. The Kier molecular flexibility index (Phi) is 6.68. The van der Waals surface area contributed by atoms with Crippen molar-refractivity contribution in [3.8, 4) is 0 Å². The number of halogens is 3. The van der Waals surface area contributed by atoms with Gasteiger partial charge >= 0.3 is 6.18 Å². The standard InChI is InChI=1S/C18H23F3N4O4S/c19-18(20,21)13-23-7-1-8-24(11-10-23)17(27)14-2-4-15(5-3-14)30(28,29)25-9-6-22-16(26)12-25/h2-5H,1,6-13H2,(H,22,26). The topological polar surface area (TPSA) is 90.0 Å². The van der Waals surface area contributed by atoms with Crippen LogP contribution in [0.2, 0.25) is 0 Å². The molecular weight excluding hydrogens is 425 g/mol. The molecule has 0 atom stereocenters. The van der Waals surface area contributed by atoms with Gasteiger partial charge in [0.05, 0.1) is 18.0 Å². The Hall–Kier alpha value is -2.18. The minimum absolute atomic E-state index is 0.0269. The Morgan fingerprint density at radius 1 is 1.03 bits per heavy atom. The minimum Gasteiger partial charge on any atom is -0.354 e. The van der Waals surface area contributed by atoms with Crippen LogP contribution in [0.1, 0.15) is 16.8 Å². The molecule has 0 saturated carbocycles. The average molecular weight is 448 g/mol. The zero-order valence-corrected chi connectivity index (χ0v) is 17.0. The van der Waals surface area contributed by atoms with Gasteiger partial charge in [0.2, 0.25) is 15.9 Å². The lowest BCUT2D eigenvalue weighted by Crippen LogP contribution is -2.49. The number of rotatable bonds is 4. The highest BCUT2D eigenvalue weighted by Gasteiger charge is 2.32. The molecule has 2 amide bonds. The van der Waals surface area contributed by atoms with Crippen LogP contribution in [0.5, 0.6) is 0 Å². The maximum absolute atomic E-state index is 12.7. The summed E-state index contributed by atoms with van der Waals surface area (Å²) in [5.74, 6) is -0.734. The van der Waals surface area contributed by atoms with Crippen molar-refractivity contribution >= 4 is 21.8 Å². The van der Waals surface area contributed by atoms with Crippen molar-refractivity contribution in [1.82, 2.24) is 19.4 Å². The molecule has 30 heavy (non-hydrogen) atoms. The van der Waals surface area contributed by atoms with Crippen molar-refractivity contribution in [2.75, 3.05) is 52.4 Å². The van der Waals surface area contributed by atoms with Crippen molar-refractivity contribution < 1.29 is 31.2 Å². The highest BCUT2D eigenvalue weighted by molar-refractivity contribution is 7.89. The summed E-state index contributed by atoms with van der Waals surface area (Å²) in [5.41, 5.74) is 0.259. The molecule has 2 heterocycles. The summed E-state index contributed by atoms with van der Waals surface area (Å²) in [5, 5.41) is 2.56. The largest absolute Gasteiger partial charge is 0.401 e. The molecule has 0 unspecified atom stereocenters. The van der Waals surface area contributed by atoms with Crippen LogP contribution in [-0.2, 0) is 14.8 Å². The predicted molar refractivity (Wildman–Crippen MR) is 101 cm³/mol. The Balaban J connectivity index is 1.66. The molecule has 2 aliphatic rings. The molecule has 12 heteroatoms. The van der Waals surface area contributed by atoms with Crippen molar-refractivity contribution in [2.45, 2.75) is 17.5 Å². The summed E-state index contributed by atoms with van der Waals surface area (Å²) < 4.78 is 64.2. The van der Waals surface area contributed by atoms with Crippen LogP contribution in [0, 0.1) is 0 Å². The number of alkyl halides is 3. The van der Waals surface area contributed by atoms with Crippen LogP contribution in [0.25, 0.3) is 0 Å². The van der Waals surface area contributed by atoms with E-state index in [1.54, 1.807) is 0 Å². The van der Waals surface area contributed by atoms with Gasteiger partial charge in [-0.25, -0.2) is 8.42 Å². The average Bonchev–Trinajstić information content (AvgIpc) is 2.91. The van der Waals surface area contributed by atoms with E-state index < -0.39 is 22.7 Å². The van der Waals surface area contributed by atoms with Gasteiger partial charge in [0, 0.05) is 44.8 Å². The van der Waals surface area contributed by atoms with Gasteiger partial charge < -0.3 is 10.2 Å². The van der Waals surface area contributed by atoms with Crippen molar-refractivity contribution in [1.29, 1.82) is 0 Å². The number of nitrogens with one attached hydrogen (secondary N) is 1.